The van der Waals surface area contributed by atoms with Crippen LogP contribution in [-0.4, -0.2) is 16.8 Å². The summed E-state index contributed by atoms with van der Waals surface area (Å²) in [6.45, 7) is 13.6. The van der Waals surface area contributed by atoms with Crippen LogP contribution in [0.4, 0.5) is 0 Å². The molecule has 1 unspecified atom stereocenters. The maximum atomic E-state index is 12.3. The number of carbonyl (C=O) groups excluding carboxylic acids is 1. The maximum Gasteiger partial charge on any atom is 0.231 e. The van der Waals surface area contributed by atoms with E-state index in [1.165, 1.54) is 24.1 Å². The van der Waals surface area contributed by atoms with Crippen LogP contribution in [-0.2, 0) is 4.79 Å². The van der Waals surface area contributed by atoms with E-state index in [4.69, 9.17) is 0 Å². The van der Waals surface area contributed by atoms with Gasteiger partial charge < -0.3 is 4.90 Å². The Morgan fingerprint density at radius 2 is 1.84 bits per heavy atom. The molecule has 1 heterocycles. The Morgan fingerprint density at radius 1 is 1.21 bits per heavy atom. The Hall–Kier alpha value is -0.790. The molecule has 0 N–H and O–H groups in total. The van der Waals surface area contributed by atoms with E-state index in [1.54, 1.807) is 0 Å². The summed E-state index contributed by atoms with van der Waals surface area (Å²) in [5.74, 6) is 1.70. The summed E-state index contributed by atoms with van der Waals surface area (Å²) in [7, 11) is 0. The van der Waals surface area contributed by atoms with Gasteiger partial charge >= 0.3 is 0 Å². The lowest BCUT2D eigenvalue weighted by molar-refractivity contribution is -0.128. The molecule has 108 valence electrons. The highest BCUT2D eigenvalue weighted by Crippen LogP contribution is 2.50. The SMILES string of the molecule is CC(C)C1CCCC2=C(CC(=O)N2C(C)C)C1(C)C. The molecule has 2 rings (SSSR count). The first kappa shape index (κ1) is 14.6. The molecule has 19 heavy (non-hydrogen) atoms. The lowest BCUT2D eigenvalue weighted by atomic mass is 9.67. The van der Waals surface area contributed by atoms with Crippen LogP contribution in [0.1, 0.15) is 67.2 Å². The molecule has 1 aliphatic carbocycles. The fourth-order valence-corrected chi connectivity index (χ4v) is 4.35. The molecule has 0 aromatic carbocycles. The van der Waals surface area contributed by atoms with Crippen LogP contribution in [0.2, 0.25) is 0 Å². The first-order valence-corrected chi connectivity index (χ1v) is 7.81. The Balaban J connectivity index is 2.44. The molecule has 0 bridgehead atoms. The van der Waals surface area contributed by atoms with Crippen molar-refractivity contribution in [3.05, 3.63) is 11.3 Å². The van der Waals surface area contributed by atoms with E-state index in [0.29, 0.717) is 30.2 Å². The third-order valence-corrected chi connectivity index (χ3v) is 5.19. The van der Waals surface area contributed by atoms with Gasteiger partial charge in [0.05, 0.1) is 6.42 Å². The third-order valence-electron chi connectivity index (χ3n) is 5.19. The summed E-state index contributed by atoms with van der Waals surface area (Å²) in [6.07, 6.45) is 4.26. The average molecular weight is 263 g/mol. The lowest BCUT2D eigenvalue weighted by Gasteiger charge is -2.37. The second-order valence-corrected chi connectivity index (χ2v) is 7.42. The Bertz CT molecular complexity index is 403. The minimum Gasteiger partial charge on any atom is -0.313 e. The molecule has 0 radical (unpaired) electrons. The minimum absolute atomic E-state index is 0.166. The molecule has 2 heteroatoms. The molecule has 0 aromatic heterocycles. The van der Waals surface area contributed by atoms with Gasteiger partial charge in [-0.3, -0.25) is 4.79 Å². The molecule has 1 atom stereocenters. The van der Waals surface area contributed by atoms with Crippen LogP contribution in [0.5, 0.6) is 0 Å². The van der Waals surface area contributed by atoms with E-state index >= 15 is 0 Å². The van der Waals surface area contributed by atoms with Crippen LogP contribution in [0.25, 0.3) is 0 Å². The molecule has 0 saturated carbocycles. The first-order chi connectivity index (χ1) is 8.76. The Labute approximate surface area is 118 Å². The van der Waals surface area contributed by atoms with Crippen molar-refractivity contribution < 1.29 is 4.79 Å². The number of nitrogens with zero attached hydrogens (tertiary/aromatic N) is 1. The van der Waals surface area contributed by atoms with Crippen molar-refractivity contribution in [2.75, 3.05) is 0 Å². The van der Waals surface area contributed by atoms with Crippen LogP contribution in [0.15, 0.2) is 11.3 Å². The molecule has 2 nitrogen and oxygen atoms in total. The van der Waals surface area contributed by atoms with Crippen molar-refractivity contribution in [3.63, 3.8) is 0 Å². The van der Waals surface area contributed by atoms with Crippen molar-refractivity contribution in [3.8, 4) is 0 Å². The molecular formula is C17H29NO. The zero-order valence-corrected chi connectivity index (χ0v) is 13.4. The van der Waals surface area contributed by atoms with Crippen molar-refractivity contribution in [2.24, 2.45) is 17.3 Å². The van der Waals surface area contributed by atoms with E-state index in [0.717, 1.165) is 6.42 Å². The van der Waals surface area contributed by atoms with Crippen LogP contribution in [0.3, 0.4) is 0 Å². The van der Waals surface area contributed by atoms with E-state index in [2.05, 4.69) is 46.4 Å². The van der Waals surface area contributed by atoms with Crippen LogP contribution < -0.4 is 0 Å². The van der Waals surface area contributed by atoms with Gasteiger partial charge in [-0.25, -0.2) is 0 Å². The number of allylic oxidation sites excluding steroid dienone is 1. The van der Waals surface area contributed by atoms with Gasteiger partial charge in [0.25, 0.3) is 0 Å². The highest BCUT2D eigenvalue weighted by molar-refractivity contribution is 5.85. The summed E-state index contributed by atoms with van der Waals surface area (Å²) in [5, 5.41) is 0. The van der Waals surface area contributed by atoms with Crippen molar-refractivity contribution in [2.45, 2.75) is 73.3 Å². The molecule has 0 fully saturated rings. The van der Waals surface area contributed by atoms with Crippen LogP contribution in [0, 0.1) is 17.3 Å². The number of hydrogen-bond donors (Lipinski definition) is 0. The monoisotopic (exact) mass is 263 g/mol. The van der Waals surface area contributed by atoms with Crippen LogP contribution >= 0.6 is 0 Å². The average Bonchev–Trinajstić information content (AvgIpc) is 2.55. The second kappa shape index (κ2) is 4.96. The summed E-state index contributed by atoms with van der Waals surface area (Å²) in [5.41, 5.74) is 2.95. The van der Waals surface area contributed by atoms with Gasteiger partial charge in [-0.1, -0.05) is 27.7 Å². The van der Waals surface area contributed by atoms with E-state index in [1.807, 2.05) is 0 Å². The highest BCUT2D eigenvalue weighted by atomic mass is 16.2. The molecule has 2 aliphatic rings. The summed E-state index contributed by atoms with van der Waals surface area (Å²) in [6, 6.07) is 0.298. The van der Waals surface area contributed by atoms with Gasteiger partial charge in [-0.2, -0.15) is 0 Å². The Kier molecular flexibility index (Phi) is 3.81. The fraction of sp³-hybridized carbons (Fsp3) is 0.824. The molecule has 0 spiro atoms. The topological polar surface area (TPSA) is 20.3 Å². The maximum absolute atomic E-state index is 12.3. The second-order valence-electron chi connectivity index (χ2n) is 7.42. The normalized spacial score (nSPS) is 27.3. The van der Waals surface area contributed by atoms with Gasteiger partial charge in [0, 0.05) is 11.7 Å². The molecular weight excluding hydrogens is 234 g/mol. The number of carbonyl (C=O) groups is 1. The van der Waals surface area contributed by atoms with Gasteiger partial charge in [-0.15, -0.1) is 0 Å². The summed E-state index contributed by atoms with van der Waals surface area (Å²) in [4.78, 5) is 14.4. The van der Waals surface area contributed by atoms with E-state index in [-0.39, 0.29) is 5.41 Å². The fourth-order valence-electron chi connectivity index (χ4n) is 4.35. The number of rotatable bonds is 2. The molecule has 0 saturated heterocycles. The Morgan fingerprint density at radius 3 is 2.37 bits per heavy atom. The highest BCUT2D eigenvalue weighted by Gasteiger charge is 2.44. The van der Waals surface area contributed by atoms with Crippen molar-refractivity contribution in [1.29, 1.82) is 0 Å². The van der Waals surface area contributed by atoms with Gasteiger partial charge in [0.1, 0.15) is 0 Å². The number of hydrogen-bond acceptors (Lipinski definition) is 1. The van der Waals surface area contributed by atoms with Gasteiger partial charge in [-0.05, 0) is 55.9 Å². The van der Waals surface area contributed by atoms with Crippen molar-refractivity contribution in [1.82, 2.24) is 4.90 Å². The molecule has 1 amide bonds. The number of amides is 1. The molecule has 1 aliphatic heterocycles. The van der Waals surface area contributed by atoms with Crippen molar-refractivity contribution >= 4 is 5.91 Å². The lowest BCUT2D eigenvalue weighted by Crippen LogP contribution is -2.32. The standard InChI is InChI=1S/C17H29NO/c1-11(2)13-8-7-9-15-14(17(13,5)6)10-16(19)18(15)12(3)4/h11-13H,7-10H2,1-6H3. The quantitative estimate of drug-likeness (QED) is 0.724. The minimum atomic E-state index is 0.166. The predicted molar refractivity (Wildman–Crippen MR) is 79.6 cm³/mol. The predicted octanol–water partition coefficient (Wildman–Crippen LogP) is 4.36. The third kappa shape index (κ3) is 2.34. The largest absolute Gasteiger partial charge is 0.313 e. The summed E-state index contributed by atoms with van der Waals surface area (Å²) < 4.78 is 0. The zero-order valence-electron chi connectivity index (χ0n) is 13.4. The first-order valence-electron chi connectivity index (χ1n) is 7.81. The smallest absolute Gasteiger partial charge is 0.231 e. The zero-order chi connectivity index (χ0) is 14.4. The molecule has 0 aromatic rings. The van der Waals surface area contributed by atoms with E-state index in [9.17, 15) is 4.79 Å². The summed E-state index contributed by atoms with van der Waals surface area (Å²) >= 11 is 0. The van der Waals surface area contributed by atoms with Gasteiger partial charge in [0.15, 0.2) is 0 Å². The van der Waals surface area contributed by atoms with E-state index < -0.39 is 0 Å². The van der Waals surface area contributed by atoms with Gasteiger partial charge in [0.2, 0.25) is 5.91 Å².